The summed E-state index contributed by atoms with van der Waals surface area (Å²) in [4.78, 5) is 14.2. The van der Waals surface area contributed by atoms with E-state index in [1.165, 1.54) is 6.07 Å². The second kappa shape index (κ2) is 5.88. The molecule has 1 N–H and O–H groups in total. The Morgan fingerprint density at radius 3 is 3.06 bits per heavy atom. The molecule has 5 heteroatoms. The van der Waals surface area contributed by atoms with Crippen LogP contribution >= 0.6 is 22.6 Å². The first kappa shape index (κ1) is 13.6. The maximum Gasteiger partial charge on any atom is 0.254 e. The summed E-state index contributed by atoms with van der Waals surface area (Å²) in [6.07, 6.45) is 0.877. The van der Waals surface area contributed by atoms with E-state index in [0.29, 0.717) is 25.3 Å². The Labute approximate surface area is 120 Å². The van der Waals surface area contributed by atoms with Gasteiger partial charge in [0.05, 0.1) is 22.8 Å². The SMILES string of the molecule is CCC1COCCN1C(=O)c1ccc(I)c(O)c1. The van der Waals surface area contributed by atoms with E-state index in [2.05, 4.69) is 0 Å². The quantitative estimate of drug-likeness (QED) is 0.823. The number of amides is 1. The highest BCUT2D eigenvalue weighted by Crippen LogP contribution is 2.22. The van der Waals surface area contributed by atoms with Crippen LogP contribution in [-0.2, 0) is 4.74 Å². The topological polar surface area (TPSA) is 49.8 Å². The average Bonchev–Trinajstić information content (AvgIpc) is 2.41. The Morgan fingerprint density at radius 2 is 2.39 bits per heavy atom. The number of phenols is 1. The van der Waals surface area contributed by atoms with Gasteiger partial charge in [-0.05, 0) is 47.2 Å². The number of rotatable bonds is 2. The fourth-order valence-corrected chi connectivity index (χ4v) is 2.41. The summed E-state index contributed by atoms with van der Waals surface area (Å²) >= 11 is 2.04. The standard InChI is InChI=1S/C13H16INO3/c1-2-10-8-18-6-5-15(10)13(17)9-3-4-11(14)12(16)7-9/h3-4,7,10,16H,2,5-6,8H2,1H3. The van der Waals surface area contributed by atoms with E-state index in [1.807, 2.05) is 34.4 Å². The summed E-state index contributed by atoms with van der Waals surface area (Å²) in [6, 6.07) is 5.18. The summed E-state index contributed by atoms with van der Waals surface area (Å²) in [5.74, 6) is 0.125. The van der Waals surface area contributed by atoms with E-state index < -0.39 is 0 Å². The van der Waals surface area contributed by atoms with Crippen molar-refractivity contribution in [2.45, 2.75) is 19.4 Å². The summed E-state index contributed by atoms with van der Waals surface area (Å²) in [5, 5.41) is 9.67. The van der Waals surface area contributed by atoms with Crippen LogP contribution in [-0.4, -0.2) is 41.7 Å². The second-order valence-corrected chi connectivity index (χ2v) is 5.46. The van der Waals surface area contributed by atoms with E-state index in [4.69, 9.17) is 4.74 Å². The molecule has 0 radical (unpaired) electrons. The van der Waals surface area contributed by atoms with Crippen molar-refractivity contribution in [2.24, 2.45) is 0 Å². The number of carbonyl (C=O) groups is 1. The molecule has 1 unspecified atom stereocenters. The lowest BCUT2D eigenvalue weighted by Crippen LogP contribution is -2.48. The number of hydrogen-bond acceptors (Lipinski definition) is 3. The molecule has 0 bridgehead atoms. The molecule has 98 valence electrons. The Kier molecular flexibility index (Phi) is 4.45. The molecule has 0 aromatic heterocycles. The summed E-state index contributed by atoms with van der Waals surface area (Å²) in [5.41, 5.74) is 0.535. The first-order valence-electron chi connectivity index (χ1n) is 6.00. The highest BCUT2D eigenvalue weighted by Gasteiger charge is 2.26. The normalized spacial score (nSPS) is 19.9. The zero-order chi connectivity index (χ0) is 13.1. The third-order valence-electron chi connectivity index (χ3n) is 3.15. The molecular formula is C13H16INO3. The third kappa shape index (κ3) is 2.77. The van der Waals surface area contributed by atoms with Crippen LogP contribution in [0.3, 0.4) is 0 Å². The van der Waals surface area contributed by atoms with Gasteiger partial charge in [-0.3, -0.25) is 4.79 Å². The Hall–Kier alpha value is -0.820. The van der Waals surface area contributed by atoms with Crippen molar-refractivity contribution in [3.05, 3.63) is 27.3 Å². The van der Waals surface area contributed by atoms with Gasteiger partial charge in [0.1, 0.15) is 5.75 Å². The van der Waals surface area contributed by atoms with Crippen LogP contribution in [0.2, 0.25) is 0 Å². The van der Waals surface area contributed by atoms with Crippen molar-refractivity contribution in [1.82, 2.24) is 4.90 Å². The Balaban J connectivity index is 2.21. The molecular weight excluding hydrogens is 345 g/mol. The lowest BCUT2D eigenvalue weighted by molar-refractivity contribution is -0.00281. The number of aromatic hydroxyl groups is 1. The van der Waals surface area contributed by atoms with Gasteiger partial charge in [0, 0.05) is 12.1 Å². The van der Waals surface area contributed by atoms with Crippen LogP contribution in [0.1, 0.15) is 23.7 Å². The summed E-state index contributed by atoms with van der Waals surface area (Å²) in [7, 11) is 0. The van der Waals surface area contributed by atoms with Gasteiger partial charge < -0.3 is 14.7 Å². The van der Waals surface area contributed by atoms with E-state index in [0.717, 1.165) is 9.99 Å². The highest BCUT2D eigenvalue weighted by molar-refractivity contribution is 14.1. The number of nitrogens with zero attached hydrogens (tertiary/aromatic N) is 1. The number of carbonyl (C=O) groups excluding carboxylic acids is 1. The molecule has 1 saturated heterocycles. The van der Waals surface area contributed by atoms with Gasteiger partial charge in [0.2, 0.25) is 0 Å². The molecule has 1 aliphatic rings. The number of phenolic OH excluding ortho intramolecular Hbond substituents is 1. The molecule has 18 heavy (non-hydrogen) atoms. The fourth-order valence-electron chi connectivity index (χ4n) is 2.07. The largest absolute Gasteiger partial charge is 0.507 e. The van der Waals surface area contributed by atoms with Gasteiger partial charge in [-0.1, -0.05) is 6.92 Å². The van der Waals surface area contributed by atoms with E-state index >= 15 is 0 Å². The minimum absolute atomic E-state index is 0.0307. The Morgan fingerprint density at radius 1 is 1.61 bits per heavy atom. The molecule has 1 aromatic rings. The van der Waals surface area contributed by atoms with Crippen molar-refractivity contribution in [3.63, 3.8) is 0 Å². The van der Waals surface area contributed by atoms with E-state index in [-0.39, 0.29) is 17.7 Å². The van der Waals surface area contributed by atoms with Crippen molar-refractivity contribution in [1.29, 1.82) is 0 Å². The number of halogens is 1. The molecule has 0 saturated carbocycles. The summed E-state index contributed by atoms with van der Waals surface area (Å²) in [6.45, 7) is 3.84. The Bertz CT molecular complexity index is 450. The zero-order valence-corrected chi connectivity index (χ0v) is 12.4. The van der Waals surface area contributed by atoms with Crippen LogP contribution in [0.15, 0.2) is 18.2 Å². The molecule has 2 rings (SSSR count). The number of benzene rings is 1. The molecule has 1 aromatic carbocycles. The molecule has 1 heterocycles. The van der Waals surface area contributed by atoms with Gasteiger partial charge in [-0.15, -0.1) is 0 Å². The van der Waals surface area contributed by atoms with Crippen LogP contribution in [0.4, 0.5) is 0 Å². The van der Waals surface area contributed by atoms with Crippen LogP contribution < -0.4 is 0 Å². The summed E-state index contributed by atoms with van der Waals surface area (Å²) < 4.78 is 6.14. The van der Waals surface area contributed by atoms with Crippen molar-refractivity contribution in [2.75, 3.05) is 19.8 Å². The smallest absolute Gasteiger partial charge is 0.254 e. The van der Waals surface area contributed by atoms with Gasteiger partial charge in [-0.25, -0.2) is 0 Å². The molecule has 1 atom stereocenters. The van der Waals surface area contributed by atoms with Crippen LogP contribution in [0, 0.1) is 3.57 Å². The number of morpholine rings is 1. The number of ether oxygens (including phenoxy) is 1. The lowest BCUT2D eigenvalue weighted by Gasteiger charge is -2.35. The molecule has 0 spiro atoms. The first-order chi connectivity index (χ1) is 8.63. The van der Waals surface area contributed by atoms with Crippen molar-refractivity contribution in [3.8, 4) is 5.75 Å². The molecule has 0 aliphatic carbocycles. The minimum atomic E-state index is -0.0307. The first-order valence-corrected chi connectivity index (χ1v) is 7.08. The zero-order valence-electron chi connectivity index (χ0n) is 10.2. The monoisotopic (exact) mass is 361 g/mol. The molecule has 1 amide bonds. The molecule has 1 fully saturated rings. The van der Waals surface area contributed by atoms with Gasteiger partial charge in [0.15, 0.2) is 0 Å². The second-order valence-electron chi connectivity index (χ2n) is 4.30. The van der Waals surface area contributed by atoms with E-state index in [1.54, 1.807) is 12.1 Å². The molecule has 4 nitrogen and oxygen atoms in total. The van der Waals surface area contributed by atoms with Crippen LogP contribution in [0.5, 0.6) is 5.75 Å². The maximum atomic E-state index is 12.4. The molecule has 1 aliphatic heterocycles. The lowest BCUT2D eigenvalue weighted by atomic mass is 10.1. The highest BCUT2D eigenvalue weighted by atomic mass is 127. The van der Waals surface area contributed by atoms with E-state index in [9.17, 15) is 9.90 Å². The van der Waals surface area contributed by atoms with Gasteiger partial charge in [0.25, 0.3) is 5.91 Å². The fraction of sp³-hybridized carbons (Fsp3) is 0.462. The maximum absolute atomic E-state index is 12.4. The van der Waals surface area contributed by atoms with Gasteiger partial charge >= 0.3 is 0 Å². The van der Waals surface area contributed by atoms with Crippen molar-refractivity contribution >= 4 is 28.5 Å². The number of hydrogen-bond donors (Lipinski definition) is 1. The van der Waals surface area contributed by atoms with Crippen molar-refractivity contribution < 1.29 is 14.6 Å². The minimum Gasteiger partial charge on any atom is -0.507 e. The third-order valence-corrected chi connectivity index (χ3v) is 4.06. The average molecular weight is 361 g/mol. The predicted molar refractivity (Wildman–Crippen MR) is 76.8 cm³/mol. The predicted octanol–water partition coefficient (Wildman–Crippen LogP) is 2.25. The van der Waals surface area contributed by atoms with Crippen LogP contribution in [0.25, 0.3) is 0 Å². The van der Waals surface area contributed by atoms with Gasteiger partial charge in [-0.2, -0.15) is 0 Å².